The van der Waals surface area contributed by atoms with Gasteiger partial charge in [0.15, 0.2) is 5.76 Å². The third kappa shape index (κ3) is 1.63. The maximum atomic E-state index is 5.84. The number of furan rings is 1. The van der Waals surface area contributed by atoms with Gasteiger partial charge in [-0.1, -0.05) is 29.5 Å². The van der Waals surface area contributed by atoms with E-state index in [2.05, 4.69) is 26.0 Å². The predicted octanol–water partition coefficient (Wildman–Crippen LogP) is 4.27. The predicted molar refractivity (Wildman–Crippen MR) is 78.5 cm³/mol. The van der Waals surface area contributed by atoms with Gasteiger partial charge in [0.05, 0.1) is 0 Å². The highest BCUT2D eigenvalue weighted by molar-refractivity contribution is 9.10. The summed E-state index contributed by atoms with van der Waals surface area (Å²) < 4.78 is 8.45. The van der Waals surface area contributed by atoms with Gasteiger partial charge in [-0.15, -0.1) is 0 Å². The van der Waals surface area contributed by atoms with Crippen molar-refractivity contribution in [1.82, 2.24) is 14.6 Å². The molecule has 3 heterocycles. The topological polar surface area (TPSA) is 43.3 Å². The zero-order chi connectivity index (χ0) is 13.0. The van der Waals surface area contributed by atoms with Crippen molar-refractivity contribution in [2.24, 2.45) is 0 Å². The Hall–Kier alpha value is -1.66. The number of rotatable bonds is 1. The summed E-state index contributed by atoms with van der Waals surface area (Å²) in [5, 5.41) is 6.46. The summed E-state index contributed by atoms with van der Waals surface area (Å²) in [5.41, 5.74) is 1.65. The first-order chi connectivity index (χ1) is 9.22. The molecular weight excluding hydrogens is 326 g/mol. The van der Waals surface area contributed by atoms with E-state index in [-0.39, 0.29) is 0 Å². The second kappa shape index (κ2) is 3.91. The van der Waals surface area contributed by atoms with Crippen LogP contribution in [-0.2, 0) is 0 Å². The zero-order valence-corrected chi connectivity index (χ0v) is 12.3. The molecule has 0 saturated carbocycles. The lowest BCUT2D eigenvalue weighted by Crippen LogP contribution is -1.84. The third-order valence-electron chi connectivity index (χ3n) is 2.91. The van der Waals surface area contributed by atoms with Crippen LogP contribution in [0.2, 0.25) is 0 Å². The van der Waals surface area contributed by atoms with Gasteiger partial charge in [0.2, 0.25) is 4.96 Å². The van der Waals surface area contributed by atoms with Gasteiger partial charge >= 0.3 is 0 Å². The molecule has 1 aromatic carbocycles. The summed E-state index contributed by atoms with van der Waals surface area (Å²) in [4.78, 5) is 5.44. The van der Waals surface area contributed by atoms with E-state index in [1.807, 2.05) is 37.3 Å². The fourth-order valence-corrected chi connectivity index (χ4v) is 3.47. The van der Waals surface area contributed by atoms with E-state index in [1.54, 1.807) is 15.9 Å². The highest BCUT2D eigenvalue weighted by Crippen LogP contribution is 2.33. The molecule has 4 rings (SSSR count). The normalized spacial score (nSPS) is 11.7. The third-order valence-corrected chi connectivity index (χ3v) is 4.44. The van der Waals surface area contributed by atoms with Gasteiger partial charge in [0.1, 0.15) is 20.9 Å². The number of nitrogens with zero attached hydrogens (tertiary/aromatic N) is 3. The van der Waals surface area contributed by atoms with Crippen LogP contribution in [0.1, 0.15) is 5.01 Å². The summed E-state index contributed by atoms with van der Waals surface area (Å²) in [6.07, 6.45) is 0. The summed E-state index contributed by atoms with van der Waals surface area (Å²) in [6, 6.07) is 9.93. The Morgan fingerprint density at radius 3 is 2.95 bits per heavy atom. The minimum absolute atomic E-state index is 0.753. The van der Waals surface area contributed by atoms with Gasteiger partial charge in [0.25, 0.3) is 0 Å². The fraction of sp³-hybridized carbons (Fsp3) is 0.0769. The number of aryl methyl sites for hydroxylation is 1. The van der Waals surface area contributed by atoms with E-state index in [4.69, 9.17) is 4.42 Å². The van der Waals surface area contributed by atoms with Crippen molar-refractivity contribution in [1.29, 1.82) is 0 Å². The van der Waals surface area contributed by atoms with Crippen LogP contribution >= 0.6 is 27.3 Å². The number of fused-ring (bicyclic) bond motifs is 2. The lowest BCUT2D eigenvalue weighted by molar-refractivity contribution is 0.628. The molecule has 4 aromatic rings. The first-order valence-corrected chi connectivity index (χ1v) is 7.34. The van der Waals surface area contributed by atoms with Crippen molar-refractivity contribution in [3.63, 3.8) is 0 Å². The van der Waals surface area contributed by atoms with Crippen molar-refractivity contribution in [3.8, 4) is 11.5 Å². The van der Waals surface area contributed by atoms with Crippen molar-refractivity contribution in [2.45, 2.75) is 6.92 Å². The highest BCUT2D eigenvalue weighted by atomic mass is 79.9. The van der Waals surface area contributed by atoms with Crippen LogP contribution in [0.3, 0.4) is 0 Å². The van der Waals surface area contributed by atoms with E-state index in [0.717, 1.165) is 37.0 Å². The van der Waals surface area contributed by atoms with Gasteiger partial charge in [-0.05, 0) is 35.0 Å². The van der Waals surface area contributed by atoms with E-state index in [1.165, 1.54) is 0 Å². The monoisotopic (exact) mass is 333 g/mol. The quantitative estimate of drug-likeness (QED) is 0.522. The standard InChI is InChI=1S/C13H8BrN3OS/c1-7-16-17-12(14)11(15-13(17)19-7)10-6-8-4-2-3-5-9(8)18-10/h2-6H,1H3. The number of halogens is 1. The maximum Gasteiger partial charge on any atom is 0.213 e. The molecule has 0 aliphatic rings. The molecule has 0 radical (unpaired) electrons. The summed E-state index contributed by atoms with van der Waals surface area (Å²) in [6.45, 7) is 1.96. The Morgan fingerprint density at radius 1 is 1.32 bits per heavy atom. The number of imidazole rings is 1. The van der Waals surface area contributed by atoms with Crippen LogP contribution < -0.4 is 0 Å². The van der Waals surface area contributed by atoms with Gasteiger partial charge < -0.3 is 4.42 Å². The van der Waals surface area contributed by atoms with Crippen molar-refractivity contribution in [3.05, 3.63) is 39.9 Å². The second-order valence-electron chi connectivity index (χ2n) is 4.22. The van der Waals surface area contributed by atoms with Crippen LogP contribution in [-0.4, -0.2) is 14.6 Å². The molecular formula is C13H8BrN3OS. The first kappa shape index (κ1) is 11.2. The molecule has 0 bridgehead atoms. The maximum absolute atomic E-state index is 5.84. The minimum atomic E-state index is 0.753. The van der Waals surface area contributed by atoms with Gasteiger partial charge in [-0.25, -0.2) is 4.98 Å². The van der Waals surface area contributed by atoms with Crippen LogP contribution in [0, 0.1) is 6.92 Å². The molecule has 4 nitrogen and oxygen atoms in total. The van der Waals surface area contributed by atoms with E-state index >= 15 is 0 Å². The first-order valence-electron chi connectivity index (χ1n) is 5.73. The number of hydrogen-bond donors (Lipinski definition) is 0. The Kier molecular flexibility index (Phi) is 2.31. The number of aromatic nitrogens is 3. The number of benzene rings is 1. The highest BCUT2D eigenvalue weighted by Gasteiger charge is 2.18. The molecule has 0 spiro atoms. The summed E-state index contributed by atoms with van der Waals surface area (Å²) in [5.74, 6) is 0.753. The van der Waals surface area contributed by atoms with Crippen molar-refractivity contribution >= 4 is 43.2 Å². The largest absolute Gasteiger partial charge is 0.454 e. The van der Waals surface area contributed by atoms with Gasteiger partial charge in [0, 0.05) is 5.39 Å². The van der Waals surface area contributed by atoms with E-state index in [0.29, 0.717) is 0 Å². The van der Waals surface area contributed by atoms with Crippen molar-refractivity contribution < 1.29 is 4.42 Å². The molecule has 0 N–H and O–H groups in total. The molecule has 0 fully saturated rings. The van der Waals surface area contributed by atoms with E-state index < -0.39 is 0 Å². The average molecular weight is 334 g/mol. The van der Waals surface area contributed by atoms with Crippen LogP contribution in [0.15, 0.2) is 39.4 Å². The fourth-order valence-electron chi connectivity index (χ4n) is 2.07. The van der Waals surface area contributed by atoms with E-state index in [9.17, 15) is 0 Å². The molecule has 6 heteroatoms. The molecule has 3 aromatic heterocycles. The Labute approximate surface area is 120 Å². The Bertz CT molecular complexity index is 872. The molecule has 0 saturated heterocycles. The van der Waals surface area contributed by atoms with Gasteiger partial charge in [-0.3, -0.25) is 0 Å². The Balaban J connectivity index is 1.97. The van der Waals surface area contributed by atoms with Crippen LogP contribution in [0.4, 0.5) is 0 Å². The number of para-hydroxylation sites is 1. The van der Waals surface area contributed by atoms with Crippen molar-refractivity contribution in [2.75, 3.05) is 0 Å². The molecule has 19 heavy (non-hydrogen) atoms. The summed E-state index contributed by atoms with van der Waals surface area (Å²) in [7, 11) is 0. The smallest absolute Gasteiger partial charge is 0.213 e. The molecule has 0 amide bonds. The SMILES string of the molecule is Cc1nn2c(Br)c(-c3cc4ccccc4o3)nc2s1. The van der Waals surface area contributed by atoms with Gasteiger partial charge in [-0.2, -0.15) is 9.61 Å². The molecule has 0 aliphatic heterocycles. The number of hydrogen-bond acceptors (Lipinski definition) is 4. The zero-order valence-electron chi connectivity index (χ0n) is 9.92. The minimum Gasteiger partial charge on any atom is -0.454 e. The Morgan fingerprint density at radius 2 is 2.16 bits per heavy atom. The average Bonchev–Trinajstić information content (AvgIpc) is 3.03. The van der Waals surface area contributed by atoms with Crippen LogP contribution in [0.25, 0.3) is 27.4 Å². The van der Waals surface area contributed by atoms with Crippen LogP contribution in [0.5, 0.6) is 0 Å². The molecule has 94 valence electrons. The molecule has 0 atom stereocenters. The summed E-state index contributed by atoms with van der Waals surface area (Å²) >= 11 is 5.10. The second-order valence-corrected chi connectivity index (χ2v) is 6.13. The lowest BCUT2D eigenvalue weighted by Gasteiger charge is -1.91. The molecule has 0 aliphatic carbocycles. The molecule has 0 unspecified atom stereocenters. The lowest BCUT2D eigenvalue weighted by atomic mass is 10.2.